The summed E-state index contributed by atoms with van der Waals surface area (Å²) >= 11 is 0. The molecular weight excluding hydrogens is 476 g/mol. The molecular formula is C32H42FOSi2. The molecule has 2 atom stereocenters. The second kappa shape index (κ2) is 11.5. The number of alkyl halides is 1. The molecule has 0 N–H and O–H groups in total. The van der Waals surface area contributed by atoms with E-state index < -0.39 is 22.6 Å². The van der Waals surface area contributed by atoms with E-state index in [0.717, 1.165) is 28.5 Å². The molecule has 2 unspecified atom stereocenters. The zero-order valence-corrected chi connectivity index (χ0v) is 24.7. The summed E-state index contributed by atoms with van der Waals surface area (Å²) in [6.07, 6.45) is 0.158. The lowest BCUT2D eigenvalue weighted by Crippen LogP contribution is -2.48. The first-order valence-electron chi connectivity index (χ1n) is 13.9. The van der Waals surface area contributed by atoms with Crippen molar-refractivity contribution in [3.8, 4) is 16.9 Å². The minimum absolute atomic E-state index is 0.474. The van der Waals surface area contributed by atoms with Crippen LogP contribution in [0, 0.1) is 6.07 Å². The first-order chi connectivity index (χ1) is 17.4. The van der Waals surface area contributed by atoms with E-state index in [1.54, 1.807) is 6.07 Å². The fourth-order valence-corrected chi connectivity index (χ4v) is 13.8. The Morgan fingerprint density at radius 1 is 0.889 bits per heavy atom. The Balaban J connectivity index is 1.66. The number of benzene rings is 3. The molecule has 0 bridgehead atoms. The van der Waals surface area contributed by atoms with Gasteiger partial charge in [0, 0.05) is 11.6 Å². The summed E-state index contributed by atoms with van der Waals surface area (Å²) in [5, 5.41) is 0. The summed E-state index contributed by atoms with van der Waals surface area (Å²) in [4.78, 5) is 0. The largest absolute Gasteiger partial charge is 0.543 e. The summed E-state index contributed by atoms with van der Waals surface area (Å²) in [5.41, 5.74) is 5.15. The van der Waals surface area contributed by atoms with E-state index in [9.17, 15) is 0 Å². The number of halogens is 1. The second-order valence-electron chi connectivity index (χ2n) is 11.0. The van der Waals surface area contributed by atoms with E-state index in [-0.39, 0.29) is 0 Å². The summed E-state index contributed by atoms with van der Waals surface area (Å²) in [6.45, 7) is 11.9. The molecule has 0 heterocycles. The lowest BCUT2D eigenvalue weighted by Gasteiger charge is -2.37. The molecule has 36 heavy (non-hydrogen) atoms. The van der Waals surface area contributed by atoms with Crippen molar-refractivity contribution in [2.24, 2.45) is 0 Å². The van der Waals surface area contributed by atoms with Crippen LogP contribution in [-0.2, 0) is 6.04 Å². The van der Waals surface area contributed by atoms with Crippen molar-refractivity contribution in [1.82, 2.24) is 0 Å². The van der Waals surface area contributed by atoms with E-state index in [1.165, 1.54) is 42.2 Å². The summed E-state index contributed by atoms with van der Waals surface area (Å²) in [7, 11) is -3.39. The molecule has 0 saturated carbocycles. The molecule has 4 rings (SSSR count). The Morgan fingerprint density at radius 3 is 2.28 bits per heavy atom. The topological polar surface area (TPSA) is 9.23 Å². The van der Waals surface area contributed by atoms with Crippen LogP contribution in [-0.4, -0.2) is 16.4 Å². The lowest BCUT2D eigenvalue weighted by molar-refractivity contribution is 0.409. The van der Waals surface area contributed by atoms with Gasteiger partial charge in [-0.15, -0.1) is 0 Å². The number of hydrogen-bond acceptors (Lipinski definition) is 1. The Kier molecular flexibility index (Phi) is 8.57. The molecule has 3 aromatic carbocycles. The fourth-order valence-electron chi connectivity index (χ4n) is 6.11. The monoisotopic (exact) mass is 517 g/mol. The molecule has 0 aromatic heterocycles. The highest BCUT2D eigenvalue weighted by molar-refractivity contribution is 6.80. The molecule has 1 aliphatic carbocycles. The number of hydrogen-bond donors (Lipinski definition) is 0. The molecule has 1 aliphatic rings. The van der Waals surface area contributed by atoms with Gasteiger partial charge >= 0.3 is 0 Å². The average molecular weight is 518 g/mol. The smallest absolute Gasteiger partial charge is 0.258 e. The van der Waals surface area contributed by atoms with Crippen molar-refractivity contribution >= 4 is 16.4 Å². The van der Waals surface area contributed by atoms with Gasteiger partial charge in [-0.1, -0.05) is 120 Å². The Labute approximate surface area is 220 Å². The normalized spacial score (nSPS) is 16.5. The van der Waals surface area contributed by atoms with Crippen LogP contribution < -0.4 is 4.43 Å². The van der Waals surface area contributed by atoms with E-state index in [4.69, 9.17) is 4.43 Å². The van der Waals surface area contributed by atoms with Crippen LogP contribution in [0.25, 0.3) is 11.1 Å². The van der Waals surface area contributed by atoms with Gasteiger partial charge in [-0.25, -0.2) is 4.39 Å². The van der Waals surface area contributed by atoms with Gasteiger partial charge in [0.15, 0.2) is 6.17 Å². The summed E-state index contributed by atoms with van der Waals surface area (Å²) < 4.78 is 22.3. The van der Waals surface area contributed by atoms with E-state index in [0.29, 0.717) is 11.1 Å². The summed E-state index contributed by atoms with van der Waals surface area (Å²) in [5.74, 6) is 0.902. The van der Waals surface area contributed by atoms with Crippen LogP contribution in [0.1, 0.15) is 63.9 Å². The average Bonchev–Trinajstić information content (AvgIpc) is 3.19. The van der Waals surface area contributed by atoms with Crippen molar-refractivity contribution in [3.63, 3.8) is 0 Å². The van der Waals surface area contributed by atoms with Gasteiger partial charge in [0.2, 0.25) is 0 Å². The number of fused-ring (bicyclic) bond motifs is 3. The SMILES string of the molecule is CC[Si](CC)(CC)CCC[Si](Cc1ccccc1)(Oc1ccc2c(c1)-c1ccc[c]c1C2F)C(C)C. The minimum atomic E-state index is -2.21. The van der Waals surface area contributed by atoms with Crippen LogP contribution in [0.4, 0.5) is 4.39 Å². The molecule has 0 saturated heterocycles. The lowest BCUT2D eigenvalue weighted by atomic mass is 10.1. The molecule has 191 valence electrons. The molecule has 0 fully saturated rings. The van der Waals surface area contributed by atoms with E-state index in [1.807, 2.05) is 24.3 Å². The predicted octanol–water partition coefficient (Wildman–Crippen LogP) is 9.94. The molecule has 0 spiro atoms. The predicted molar refractivity (Wildman–Crippen MR) is 157 cm³/mol. The first-order valence-corrected chi connectivity index (χ1v) is 19.1. The van der Waals surface area contributed by atoms with Crippen LogP contribution in [0.5, 0.6) is 5.75 Å². The zero-order chi connectivity index (χ0) is 25.8. The van der Waals surface area contributed by atoms with Gasteiger partial charge in [-0.05, 0) is 52.0 Å². The molecule has 0 aliphatic heterocycles. The maximum Gasteiger partial charge on any atom is 0.258 e. The Hall–Kier alpha value is -2.18. The van der Waals surface area contributed by atoms with Gasteiger partial charge in [-0.2, -0.15) is 0 Å². The van der Waals surface area contributed by atoms with Crippen LogP contribution in [0.3, 0.4) is 0 Å². The highest BCUT2D eigenvalue weighted by atomic mass is 28.4. The van der Waals surface area contributed by atoms with Crippen molar-refractivity contribution in [1.29, 1.82) is 0 Å². The van der Waals surface area contributed by atoms with Crippen LogP contribution in [0.15, 0.2) is 66.7 Å². The van der Waals surface area contributed by atoms with Crippen molar-refractivity contribution in [2.75, 3.05) is 0 Å². The first kappa shape index (κ1) is 26.9. The van der Waals surface area contributed by atoms with Gasteiger partial charge in [0.05, 0.1) is 8.07 Å². The zero-order valence-electron chi connectivity index (χ0n) is 22.7. The van der Waals surface area contributed by atoms with Gasteiger partial charge in [0.1, 0.15) is 5.75 Å². The summed E-state index contributed by atoms with van der Waals surface area (Å²) in [6, 6.07) is 33.5. The molecule has 1 radical (unpaired) electrons. The third kappa shape index (κ3) is 5.40. The highest BCUT2D eigenvalue weighted by Crippen LogP contribution is 2.47. The molecule has 1 nitrogen and oxygen atoms in total. The number of rotatable bonds is 12. The van der Waals surface area contributed by atoms with Crippen LogP contribution >= 0.6 is 0 Å². The van der Waals surface area contributed by atoms with Crippen LogP contribution in [0.2, 0.25) is 35.8 Å². The maximum absolute atomic E-state index is 15.1. The molecule has 0 amide bonds. The fraction of sp³-hybridized carbons (Fsp3) is 0.438. The quantitative estimate of drug-likeness (QED) is 0.217. The van der Waals surface area contributed by atoms with Crippen molar-refractivity contribution in [2.45, 2.75) is 89.0 Å². The minimum Gasteiger partial charge on any atom is -0.543 e. The molecule has 4 heteroatoms. The van der Waals surface area contributed by atoms with E-state index >= 15 is 4.39 Å². The Morgan fingerprint density at radius 2 is 1.61 bits per heavy atom. The Bertz CT molecular complexity index is 1130. The van der Waals surface area contributed by atoms with Gasteiger partial charge in [-0.3, -0.25) is 0 Å². The highest BCUT2D eigenvalue weighted by Gasteiger charge is 2.42. The maximum atomic E-state index is 15.1. The van der Waals surface area contributed by atoms with Crippen molar-refractivity contribution in [3.05, 3.63) is 89.5 Å². The van der Waals surface area contributed by atoms with E-state index in [2.05, 4.69) is 77.1 Å². The van der Waals surface area contributed by atoms with Gasteiger partial charge in [0.25, 0.3) is 8.32 Å². The third-order valence-corrected chi connectivity index (χ3v) is 19.9. The second-order valence-corrected chi connectivity index (χ2v) is 21.0. The van der Waals surface area contributed by atoms with Crippen molar-refractivity contribution < 1.29 is 8.82 Å². The van der Waals surface area contributed by atoms with Gasteiger partial charge < -0.3 is 4.43 Å². The standard InChI is InChI=1S/C32H42FOSi2/c1-6-35(7-2,8-3)21-14-22-36(25(4)5,24-26-15-10-9-11-16-26)34-27-19-20-30-31(23-27)28-17-12-13-18-29(28)32(30)33/h9-13,15-17,19-20,23,25,32H,6-8,14,21-22,24H2,1-5H3. The third-order valence-electron chi connectivity index (χ3n) is 9.01. The molecule has 3 aromatic rings.